The van der Waals surface area contributed by atoms with Crippen molar-refractivity contribution in [1.29, 1.82) is 0 Å². The molecule has 0 bridgehead atoms. The number of sulfonamides is 1. The molecule has 3 N–H and O–H groups in total. The normalized spacial score (nSPS) is 11.2. The number of amides is 1. The summed E-state index contributed by atoms with van der Waals surface area (Å²) in [4.78, 5) is 12.1. The highest BCUT2D eigenvalue weighted by Crippen LogP contribution is 2.23. The molecule has 0 aliphatic heterocycles. The fourth-order valence-corrected chi connectivity index (χ4v) is 2.71. The van der Waals surface area contributed by atoms with Crippen LogP contribution >= 0.6 is 23.2 Å². The zero-order valence-corrected chi connectivity index (χ0v) is 13.5. The van der Waals surface area contributed by atoms with Gasteiger partial charge in [-0.15, -0.1) is 0 Å². The number of carbonyl (C=O) groups excluding carboxylic acids is 1. The lowest BCUT2D eigenvalue weighted by Crippen LogP contribution is -2.15. The largest absolute Gasteiger partial charge is 0.322 e. The number of hydrogen-bond donors (Lipinski definition) is 2. The zero-order chi connectivity index (χ0) is 16.3. The van der Waals surface area contributed by atoms with Crippen molar-refractivity contribution >= 4 is 44.8 Å². The number of anilines is 1. The van der Waals surface area contributed by atoms with Crippen molar-refractivity contribution in [1.82, 2.24) is 0 Å². The van der Waals surface area contributed by atoms with E-state index in [0.29, 0.717) is 21.8 Å². The average Bonchev–Trinajstić information content (AvgIpc) is 2.42. The van der Waals surface area contributed by atoms with Gasteiger partial charge in [0.15, 0.2) is 0 Å². The molecule has 0 aromatic heterocycles. The highest BCUT2D eigenvalue weighted by atomic mass is 35.5. The van der Waals surface area contributed by atoms with Gasteiger partial charge in [-0.05, 0) is 35.9 Å². The first-order valence-corrected chi connectivity index (χ1v) is 8.57. The van der Waals surface area contributed by atoms with Crippen LogP contribution in [0.5, 0.6) is 0 Å². The van der Waals surface area contributed by atoms with E-state index in [4.69, 9.17) is 28.3 Å². The van der Waals surface area contributed by atoms with Gasteiger partial charge in [0.2, 0.25) is 10.0 Å². The van der Waals surface area contributed by atoms with Crippen LogP contribution in [0, 0.1) is 0 Å². The minimum absolute atomic E-state index is 0.256. The number of halogens is 2. The maximum atomic E-state index is 12.1. The standard InChI is InChI=1S/C14H12Cl2N2O3S/c15-12-6-3-10(7-13(12)16)14(19)18-11-4-1-9(2-5-11)8-22(17,20)21/h1-7H,8H2,(H,18,19)(H2,17,20,21). The molecule has 0 heterocycles. The molecule has 0 atom stereocenters. The average molecular weight is 359 g/mol. The van der Waals surface area contributed by atoms with E-state index in [2.05, 4.69) is 5.32 Å². The number of rotatable bonds is 4. The van der Waals surface area contributed by atoms with Gasteiger partial charge in [-0.3, -0.25) is 4.79 Å². The van der Waals surface area contributed by atoms with Crippen molar-refractivity contribution in [2.75, 3.05) is 5.32 Å². The Kier molecular flexibility index (Phi) is 5.08. The summed E-state index contributed by atoms with van der Waals surface area (Å²) in [5, 5.41) is 8.30. The molecule has 0 aliphatic carbocycles. The first-order valence-electron chi connectivity index (χ1n) is 6.10. The Morgan fingerprint density at radius 3 is 2.23 bits per heavy atom. The van der Waals surface area contributed by atoms with E-state index in [1.807, 2.05) is 0 Å². The SMILES string of the molecule is NS(=O)(=O)Cc1ccc(NC(=O)c2ccc(Cl)c(Cl)c2)cc1. The second-order valence-corrected chi connectivity index (χ2v) is 7.02. The maximum Gasteiger partial charge on any atom is 0.255 e. The van der Waals surface area contributed by atoms with Crippen LogP contribution in [0.15, 0.2) is 42.5 Å². The monoisotopic (exact) mass is 358 g/mol. The van der Waals surface area contributed by atoms with Gasteiger partial charge in [0, 0.05) is 11.3 Å². The van der Waals surface area contributed by atoms with E-state index < -0.39 is 10.0 Å². The first kappa shape index (κ1) is 16.8. The molecule has 1 amide bonds. The Labute approximate surface area is 138 Å². The van der Waals surface area contributed by atoms with Crippen molar-refractivity contribution in [2.24, 2.45) is 5.14 Å². The van der Waals surface area contributed by atoms with Gasteiger partial charge < -0.3 is 5.32 Å². The zero-order valence-electron chi connectivity index (χ0n) is 11.2. The Hall–Kier alpha value is -1.60. The van der Waals surface area contributed by atoms with Crippen molar-refractivity contribution in [3.05, 3.63) is 63.6 Å². The van der Waals surface area contributed by atoms with E-state index in [1.54, 1.807) is 30.3 Å². The molecule has 0 unspecified atom stereocenters. The van der Waals surface area contributed by atoms with Gasteiger partial charge in [0.05, 0.1) is 15.8 Å². The molecule has 22 heavy (non-hydrogen) atoms. The van der Waals surface area contributed by atoms with E-state index in [1.165, 1.54) is 12.1 Å². The van der Waals surface area contributed by atoms with Crippen LogP contribution in [0.1, 0.15) is 15.9 Å². The summed E-state index contributed by atoms with van der Waals surface area (Å²) >= 11 is 11.7. The fraction of sp³-hybridized carbons (Fsp3) is 0.0714. The van der Waals surface area contributed by atoms with Crippen LogP contribution in [-0.4, -0.2) is 14.3 Å². The van der Waals surface area contributed by atoms with E-state index in [9.17, 15) is 13.2 Å². The summed E-state index contributed by atoms with van der Waals surface area (Å²) in [6.07, 6.45) is 0. The smallest absolute Gasteiger partial charge is 0.255 e. The lowest BCUT2D eigenvalue weighted by atomic mass is 10.2. The Bertz CT molecular complexity index is 805. The predicted octanol–water partition coefficient (Wildman–Crippen LogP) is 3.03. The molecule has 2 aromatic carbocycles. The van der Waals surface area contributed by atoms with Gasteiger partial charge in [-0.2, -0.15) is 0 Å². The van der Waals surface area contributed by atoms with Gasteiger partial charge >= 0.3 is 0 Å². The van der Waals surface area contributed by atoms with Crippen LogP contribution < -0.4 is 10.5 Å². The highest BCUT2D eigenvalue weighted by molar-refractivity contribution is 7.88. The molecule has 0 saturated heterocycles. The number of nitrogens with two attached hydrogens (primary N) is 1. The summed E-state index contributed by atoms with van der Waals surface area (Å²) in [7, 11) is -3.58. The molecule has 0 spiro atoms. The third kappa shape index (κ3) is 4.71. The van der Waals surface area contributed by atoms with E-state index >= 15 is 0 Å². The number of hydrogen-bond acceptors (Lipinski definition) is 3. The van der Waals surface area contributed by atoms with Crippen LogP contribution in [-0.2, 0) is 15.8 Å². The molecule has 2 aromatic rings. The Balaban J connectivity index is 2.10. The van der Waals surface area contributed by atoms with Crippen molar-refractivity contribution in [3.63, 3.8) is 0 Å². The van der Waals surface area contributed by atoms with Crippen LogP contribution in [0.25, 0.3) is 0 Å². The highest BCUT2D eigenvalue weighted by Gasteiger charge is 2.09. The van der Waals surface area contributed by atoms with Crippen LogP contribution in [0.3, 0.4) is 0 Å². The number of nitrogens with one attached hydrogen (secondary N) is 1. The molecule has 8 heteroatoms. The summed E-state index contributed by atoms with van der Waals surface area (Å²) in [6.45, 7) is 0. The van der Waals surface area contributed by atoms with Gasteiger partial charge in [-0.1, -0.05) is 35.3 Å². The lowest BCUT2D eigenvalue weighted by Gasteiger charge is -2.07. The van der Waals surface area contributed by atoms with Crippen molar-refractivity contribution in [2.45, 2.75) is 5.75 Å². The van der Waals surface area contributed by atoms with Gasteiger partial charge in [0.25, 0.3) is 5.91 Å². The molecular weight excluding hydrogens is 347 g/mol. The minimum atomic E-state index is -3.58. The quantitative estimate of drug-likeness (QED) is 0.879. The fourth-order valence-electron chi connectivity index (χ4n) is 1.76. The Morgan fingerprint density at radius 2 is 1.68 bits per heavy atom. The summed E-state index contributed by atoms with van der Waals surface area (Å²) in [5.74, 6) is -0.605. The summed E-state index contributed by atoms with van der Waals surface area (Å²) in [6, 6.07) is 10.9. The predicted molar refractivity (Wildman–Crippen MR) is 87.7 cm³/mol. The third-order valence-electron chi connectivity index (χ3n) is 2.76. The molecule has 5 nitrogen and oxygen atoms in total. The molecule has 0 radical (unpaired) electrons. The Morgan fingerprint density at radius 1 is 1.05 bits per heavy atom. The number of benzene rings is 2. The second kappa shape index (κ2) is 6.66. The van der Waals surface area contributed by atoms with Crippen LogP contribution in [0.2, 0.25) is 10.0 Å². The summed E-state index contributed by atoms with van der Waals surface area (Å²) < 4.78 is 22.0. The van der Waals surface area contributed by atoms with E-state index in [-0.39, 0.29) is 16.7 Å². The number of primary sulfonamides is 1. The van der Waals surface area contributed by atoms with Crippen molar-refractivity contribution < 1.29 is 13.2 Å². The minimum Gasteiger partial charge on any atom is -0.322 e. The number of carbonyl (C=O) groups is 1. The molecule has 2 rings (SSSR count). The molecule has 0 aliphatic rings. The topological polar surface area (TPSA) is 89.3 Å². The molecular formula is C14H12Cl2N2O3S. The van der Waals surface area contributed by atoms with Gasteiger partial charge in [0.1, 0.15) is 0 Å². The second-order valence-electron chi connectivity index (χ2n) is 4.59. The van der Waals surface area contributed by atoms with E-state index in [0.717, 1.165) is 0 Å². The maximum absolute atomic E-state index is 12.1. The molecule has 0 fully saturated rings. The molecule has 116 valence electrons. The van der Waals surface area contributed by atoms with Crippen molar-refractivity contribution in [3.8, 4) is 0 Å². The third-order valence-corrected chi connectivity index (χ3v) is 4.24. The molecule has 0 saturated carbocycles. The van der Waals surface area contributed by atoms with Crippen LogP contribution in [0.4, 0.5) is 5.69 Å². The first-order chi connectivity index (χ1) is 10.2. The lowest BCUT2D eigenvalue weighted by molar-refractivity contribution is 0.102. The summed E-state index contributed by atoms with van der Waals surface area (Å²) in [5.41, 5.74) is 1.42. The van der Waals surface area contributed by atoms with Gasteiger partial charge in [-0.25, -0.2) is 13.6 Å².